The van der Waals surface area contributed by atoms with Gasteiger partial charge in [0.2, 0.25) is 10.0 Å². The average Bonchev–Trinajstić information content (AvgIpc) is 3.00. The van der Waals surface area contributed by atoms with E-state index in [1.807, 2.05) is 6.92 Å². The summed E-state index contributed by atoms with van der Waals surface area (Å²) in [6.07, 6.45) is -1.90. The summed E-state index contributed by atoms with van der Waals surface area (Å²) in [5, 5.41) is 21.5. The summed E-state index contributed by atoms with van der Waals surface area (Å²) < 4.78 is 32.9. The van der Waals surface area contributed by atoms with Crippen molar-refractivity contribution in [1.82, 2.24) is 9.79 Å². The molecule has 0 spiro atoms. The van der Waals surface area contributed by atoms with Crippen LogP contribution in [0.2, 0.25) is 0 Å². The first-order valence-electron chi connectivity index (χ1n) is 9.54. The monoisotopic (exact) mass is 434 g/mol. The van der Waals surface area contributed by atoms with Gasteiger partial charge in [-0.2, -0.15) is 0 Å². The van der Waals surface area contributed by atoms with Crippen LogP contribution in [-0.4, -0.2) is 61.6 Å². The van der Waals surface area contributed by atoms with Gasteiger partial charge in [0, 0.05) is 17.5 Å². The van der Waals surface area contributed by atoms with E-state index < -0.39 is 33.6 Å². The third-order valence-electron chi connectivity index (χ3n) is 5.27. The maximum atomic E-state index is 12.5. The number of sulfonamides is 1. The van der Waals surface area contributed by atoms with E-state index in [1.54, 1.807) is 49.4 Å². The number of amides is 1. The van der Waals surface area contributed by atoms with Crippen molar-refractivity contribution in [2.75, 3.05) is 19.7 Å². The zero-order chi connectivity index (χ0) is 21.9. The van der Waals surface area contributed by atoms with Gasteiger partial charge < -0.3 is 9.84 Å². The van der Waals surface area contributed by atoms with Gasteiger partial charge in [-0.15, -0.1) is 0 Å². The lowest BCUT2D eigenvalue weighted by atomic mass is 9.84. The molecule has 30 heavy (non-hydrogen) atoms. The number of aliphatic hydroxyl groups is 1. The molecule has 1 amide bonds. The molecule has 162 valence electrons. The molecule has 0 aromatic heterocycles. The normalized spacial score (nSPS) is 24.0. The van der Waals surface area contributed by atoms with E-state index in [4.69, 9.17) is 4.74 Å². The summed E-state index contributed by atoms with van der Waals surface area (Å²) in [5.74, 6) is -0.590. The third-order valence-corrected chi connectivity index (χ3v) is 6.70. The molecular formula is C21H26N2O6S. The van der Waals surface area contributed by atoms with Crippen molar-refractivity contribution in [2.45, 2.75) is 31.0 Å². The van der Waals surface area contributed by atoms with Crippen LogP contribution in [0.15, 0.2) is 59.5 Å². The minimum atomic E-state index is -3.75. The zero-order valence-corrected chi connectivity index (χ0v) is 17.7. The standard InChI is InChI=1S/C21H26N2O6S/c1-15-8-10-17(11-9-15)30(27,28)22-12-18-19(24)21(2,14-29-18)13-23(26)20(25)16-6-4-3-5-7-16/h3-11,18-19,22,24,26H,12-14H2,1-2H3/t18-,19-,21-/m1/s1. The fourth-order valence-electron chi connectivity index (χ4n) is 3.37. The first-order chi connectivity index (χ1) is 14.1. The quantitative estimate of drug-likeness (QED) is 0.450. The molecule has 2 aromatic rings. The molecule has 3 atom stereocenters. The van der Waals surface area contributed by atoms with E-state index in [2.05, 4.69) is 4.72 Å². The van der Waals surface area contributed by atoms with Gasteiger partial charge >= 0.3 is 0 Å². The van der Waals surface area contributed by atoms with Crippen molar-refractivity contribution in [2.24, 2.45) is 5.41 Å². The second-order valence-corrected chi connectivity index (χ2v) is 9.61. The highest BCUT2D eigenvalue weighted by Crippen LogP contribution is 2.33. The summed E-state index contributed by atoms with van der Waals surface area (Å²) in [6, 6.07) is 14.7. The number of carbonyl (C=O) groups excluding carboxylic acids is 1. The second-order valence-electron chi connectivity index (χ2n) is 7.84. The van der Waals surface area contributed by atoms with Gasteiger partial charge in [0.15, 0.2) is 0 Å². The van der Waals surface area contributed by atoms with Crippen LogP contribution in [0.25, 0.3) is 0 Å². The van der Waals surface area contributed by atoms with Crippen molar-refractivity contribution in [1.29, 1.82) is 0 Å². The van der Waals surface area contributed by atoms with E-state index in [0.717, 1.165) is 5.56 Å². The van der Waals surface area contributed by atoms with Gasteiger partial charge in [-0.25, -0.2) is 18.2 Å². The summed E-state index contributed by atoms with van der Waals surface area (Å²) in [5.41, 5.74) is 0.302. The number of hydrogen-bond donors (Lipinski definition) is 3. The Morgan fingerprint density at radius 2 is 1.83 bits per heavy atom. The molecule has 1 fully saturated rings. The van der Waals surface area contributed by atoms with Crippen molar-refractivity contribution < 1.29 is 28.3 Å². The molecule has 0 bridgehead atoms. The van der Waals surface area contributed by atoms with Crippen LogP contribution in [0.3, 0.4) is 0 Å². The number of hydrogen-bond acceptors (Lipinski definition) is 6. The molecule has 0 radical (unpaired) electrons. The van der Waals surface area contributed by atoms with E-state index in [1.165, 1.54) is 12.1 Å². The lowest BCUT2D eigenvalue weighted by Crippen LogP contribution is -2.47. The molecule has 9 heteroatoms. The largest absolute Gasteiger partial charge is 0.390 e. The van der Waals surface area contributed by atoms with Gasteiger partial charge in [-0.3, -0.25) is 10.0 Å². The van der Waals surface area contributed by atoms with Gasteiger partial charge in [-0.1, -0.05) is 42.8 Å². The van der Waals surface area contributed by atoms with Crippen LogP contribution in [0.4, 0.5) is 0 Å². The van der Waals surface area contributed by atoms with Crippen LogP contribution in [0.5, 0.6) is 0 Å². The highest BCUT2D eigenvalue weighted by atomic mass is 32.2. The number of carbonyl (C=O) groups is 1. The second kappa shape index (κ2) is 8.83. The average molecular weight is 435 g/mol. The fourth-order valence-corrected chi connectivity index (χ4v) is 4.41. The number of aryl methyl sites for hydroxylation is 1. The van der Waals surface area contributed by atoms with Crippen LogP contribution in [-0.2, 0) is 14.8 Å². The molecular weight excluding hydrogens is 408 g/mol. The summed E-state index contributed by atoms with van der Waals surface area (Å²) >= 11 is 0. The van der Waals surface area contributed by atoms with E-state index in [0.29, 0.717) is 10.6 Å². The van der Waals surface area contributed by atoms with Crippen LogP contribution in [0, 0.1) is 12.3 Å². The lowest BCUT2D eigenvalue weighted by Gasteiger charge is -2.31. The van der Waals surface area contributed by atoms with Gasteiger partial charge in [0.25, 0.3) is 5.91 Å². The minimum Gasteiger partial charge on any atom is -0.390 e. The van der Waals surface area contributed by atoms with Crippen molar-refractivity contribution in [3.05, 3.63) is 65.7 Å². The Bertz CT molecular complexity index is 980. The molecule has 8 nitrogen and oxygen atoms in total. The molecule has 2 aromatic carbocycles. The smallest absolute Gasteiger partial charge is 0.277 e. The molecule has 3 N–H and O–H groups in total. The Kier molecular flexibility index (Phi) is 6.59. The predicted octanol–water partition coefficient (Wildman–Crippen LogP) is 1.57. The predicted molar refractivity (Wildman–Crippen MR) is 109 cm³/mol. The number of nitrogens with zero attached hydrogens (tertiary/aromatic N) is 1. The molecule has 0 unspecified atom stereocenters. The van der Waals surface area contributed by atoms with Crippen LogP contribution < -0.4 is 4.72 Å². The van der Waals surface area contributed by atoms with Crippen molar-refractivity contribution in [3.8, 4) is 0 Å². The Hall–Kier alpha value is -2.30. The molecule has 1 saturated heterocycles. The van der Waals surface area contributed by atoms with Crippen molar-refractivity contribution >= 4 is 15.9 Å². The van der Waals surface area contributed by atoms with Gasteiger partial charge in [0.1, 0.15) is 0 Å². The highest BCUT2D eigenvalue weighted by Gasteiger charge is 2.47. The molecule has 1 aliphatic heterocycles. The Morgan fingerprint density at radius 1 is 1.20 bits per heavy atom. The number of rotatable bonds is 7. The zero-order valence-electron chi connectivity index (χ0n) is 16.9. The van der Waals surface area contributed by atoms with E-state index in [-0.39, 0.29) is 24.6 Å². The van der Waals surface area contributed by atoms with Crippen LogP contribution in [0.1, 0.15) is 22.8 Å². The van der Waals surface area contributed by atoms with E-state index in [9.17, 15) is 23.5 Å². The molecule has 1 aliphatic rings. The number of ether oxygens (including phenoxy) is 1. The first kappa shape index (κ1) is 22.4. The Labute approximate surface area is 176 Å². The third kappa shape index (κ3) is 4.88. The maximum Gasteiger partial charge on any atom is 0.277 e. The van der Waals surface area contributed by atoms with Gasteiger partial charge in [-0.05, 0) is 31.2 Å². The Balaban J connectivity index is 1.61. The highest BCUT2D eigenvalue weighted by molar-refractivity contribution is 7.89. The number of hydroxylamine groups is 2. The topological polar surface area (TPSA) is 116 Å². The summed E-state index contributed by atoms with van der Waals surface area (Å²) in [6.45, 7) is 3.30. The molecule has 3 rings (SSSR count). The molecule has 1 heterocycles. The number of aliphatic hydroxyl groups excluding tert-OH is 1. The SMILES string of the molecule is Cc1ccc(S(=O)(=O)NC[C@H]2OC[C@@](C)(CN(O)C(=O)c3ccccc3)[C@@H]2O)cc1. The minimum absolute atomic E-state index is 0.0597. The number of benzene rings is 2. The molecule has 0 saturated carbocycles. The van der Waals surface area contributed by atoms with Gasteiger partial charge in [0.05, 0.1) is 30.3 Å². The van der Waals surface area contributed by atoms with Crippen LogP contribution >= 0.6 is 0 Å². The van der Waals surface area contributed by atoms with Crippen molar-refractivity contribution in [3.63, 3.8) is 0 Å². The lowest BCUT2D eigenvalue weighted by molar-refractivity contribution is -0.0940. The van der Waals surface area contributed by atoms with E-state index >= 15 is 0 Å². The summed E-state index contributed by atoms with van der Waals surface area (Å²) in [7, 11) is -3.75. The molecule has 0 aliphatic carbocycles. The first-order valence-corrected chi connectivity index (χ1v) is 11.0. The number of nitrogens with one attached hydrogen (secondary N) is 1. The maximum absolute atomic E-state index is 12.5. The summed E-state index contributed by atoms with van der Waals surface area (Å²) in [4.78, 5) is 12.5. The fraction of sp³-hybridized carbons (Fsp3) is 0.381. The Morgan fingerprint density at radius 3 is 2.47 bits per heavy atom.